The first-order chi connectivity index (χ1) is 22.3. The van der Waals surface area contributed by atoms with Gasteiger partial charge in [0.05, 0.1) is 0 Å². The maximum atomic E-state index is 6.18. The summed E-state index contributed by atoms with van der Waals surface area (Å²) in [6, 6.07) is 35.1. The van der Waals surface area contributed by atoms with Gasteiger partial charge in [-0.1, -0.05) is 60.1 Å². The molecule has 2 saturated heterocycles. The average molecular weight is 644 g/mol. The van der Waals surface area contributed by atoms with Crippen molar-refractivity contribution >= 4 is 17.3 Å². The van der Waals surface area contributed by atoms with Gasteiger partial charge >= 0.3 is 0 Å². The smallest absolute Gasteiger partial charge is 0.122 e. The van der Waals surface area contributed by atoms with Crippen LogP contribution in [0.1, 0.15) is 26.7 Å². The van der Waals surface area contributed by atoms with Crippen LogP contribution in [-0.4, -0.2) is 73.5 Å². The molecule has 0 spiro atoms. The van der Waals surface area contributed by atoms with E-state index in [1.54, 1.807) is 0 Å². The van der Waals surface area contributed by atoms with Crippen molar-refractivity contribution < 1.29 is 18.9 Å². The molecule has 4 aromatic carbocycles. The van der Waals surface area contributed by atoms with Crippen LogP contribution in [-0.2, 0) is 0 Å². The van der Waals surface area contributed by atoms with Crippen molar-refractivity contribution in [1.82, 2.24) is 9.80 Å². The molecule has 2 aliphatic rings. The number of hydrogen-bond donors (Lipinski definition) is 1. The summed E-state index contributed by atoms with van der Waals surface area (Å²) >= 11 is 6.02. The number of halogens is 1. The number of rotatable bonds is 12. The lowest BCUT2D eigenvalue weighted by molar-refractivity contribution is 0.0931. The topological polar surface area (TPSA) is 69.4 Å². The van der Waals surface area contributed by atoms with Crippen LogP contribution < -0.4 is 24.7 Å². The second-order valence-corrected chi connectivity index (χ2v) is 12.9. The molecule has 2 fully saturated rings. The van der Waals surface area contributed by atoms with Crippen molar-refractivity contribution in [2.45, 2.75) is 37.9 Å². The molecular formula is C38H46ClN3O4. The Kier molecular flexibility index (Phi) is 11.7. The third-order valence-corrected chi connectivity index (χ3v) is 8.49. The zero-order valence-electron chi connectivity index (χ0n) is 26.9. The monoisotopic (exact) mass is 643 g/mol. The van der Waals surface area contributed by atoms with Crippen LogP contribution in [0, 0.1) is 0 Å². The predicted molar refractivity (Wildman–Crippen MR) is 186 cm³/mol. The summed E-state index contributed by atoms with van der Waals surface area (Å²) in [6.45, 7) is 11.4. The molecule has 2 heterocycles. The molecule has 0 radical (unpaired) electrons. The van der Waals surface area contributed by atoms with Crippen LogP contribution >= 0.6 is 11.6 Å². The Labute approximate surface area is 278 Å². The van der Waals surface area contributed by atoms with E-state index in [2.05, 4.69) is 23.6 Å². The normalized spacial score (nSPS) is 21.3. The molecule has 2 atom stereocenters. The summed E-state index contributed by atoms with van der Waals surface area (Å²) < 4.78 is 23.9. The van der Waals surface area contributed by atoms with E-state index < -0.39 is 0 Å². The molecule has 0 amide bonds. The van der Waals surface area contributed by atoms with Gasteiger partial charge in [0.1, 0.15) is 47.4 Å². The predicted octanol–water partition coefficient (Wildman–Crippen LogP) is 7.45. The summed E-state index contributed by atoms with van der Waals surface area (Å²) in [5.74, 6) is 3.52. The highest BCUT2D eigenvalue weighted by Gasteiger charge is 2.36. The Morgan fingerprint density at radius 2 is 1.07 bits per heavy atom. The maximum absolute atomic E-state index is 6.18. The number of nitrogen functional groups attached to an aromatic ring is 1. The Balaban J connectivity index is 0.000000181. The Morgan fingerprint density at radius 1 is 0.609 bits per heavy atom. The summed E-state index contributed by atoms with van der Waals surface area (Å²) in [6.07, 6.45) is 2.01. The van der Waals surface area contributed by atoms with E-state index in [0.29, 0.717) is 18.2 Å². The number of ether oxygens (including phenoxy) is 4. The van der Waals surface area contributed by atoms with Gasteiger partial charge in [0, 0.05) is 68.9 Å². The van der Waals surface area contributed by atoms with E-state index in [4.69, 9.17) is 36.3 Å². The quantitative estimate of drug-likeness (QED) is 0.161. The molecule has 2 unspecified atom stereocenters. The number of benzene rings is 4. The van der Waals surface area contributed by atoms with E-state index in [1.807, 2.05) is 109 Å². The number of hydrogen-bond acceptors (Lipinski definition) is 7. The highest BCUT2D eigenvalue weighted by molar-refractivity contribution is 6.30. The van der Waals surface area contributed by atoms with Gasteiger partial charge in [-0.25, -0.2) is 0 Å². The molecule has 0 bridgehead atoms. The summed E-state index contributed by atoms with van der Waals surface area (Å²) in [5.41, 5.74) is 6.22. The molecule has 244 valence electrons. The first-order valence-electron chi connectivity index (χ1n) is 16.1. The van der Waals surface area contributed by atoms with Gasteiger partial charge in [-0.3, -0.25) is 9.80 Å². The van der Waals surface area contributed by atoms with Crippen molar-refractivity contribution in [1.29, 1.82) is 0 Å². The third kappa shape index (κ3) is 10.6. The molecule has 2 aliphatic heterocycles. The van der Waals surface area contributed by atoms with Gasteiger partial charge in [0.25, 0.3) is 0 Å². The lowest BCUT2D eigenvalue weighted by Gasteiger charge is -2.26. The minimum Gasteiger partial charge on any atom is -0.492 e. The number of anilines is 1. The van der Waals surface area contributed by atoms with Crippen molar-refractivity contribution in [2.75, 3.05) is 58.2 Å². The summed E-state index contributed by atoms with van der Waals surface area (Å²) in [5, 5.41) is 0.706. The van der Waals surface area contributed by atoms with E-state index in [0.717, 1.165) is 80.8 Å². The van der Waals surface area contributed by atoms with Crippen molar-refractivity contribution in [3.05, 3.63) is 114 Å². The molecule has 2 N–H and O–H groups in total. The van der Waals surface area contributed by atoms with E-state index in [1.165, 1.54) is 0 Å². The fourth-order valence-electron chi connectivity index (χ4n) is 5.90. The van der Waals surface area contributed by atoms with Crippen LogP contribution in [0.25, 0.3) is 0 Å². The summed E-state index contributed by atoms with van der Waals surface area (Å²) in [7, 11) is 0. The molecular weight excluding hydrogens is 598 g/mol. The minimum atomic E-state index is -0.169. The molecule has 0 saturated carbocycles. The lowest BCUT2D eigenvalue weighted by atomic mass is 10.1. The molecule has 0 aliphatic carbocycles. The number of nitrogens with two attached hydrogens (primary N) is 1. The van der Waals surface area contributed by atoms with Gasteiger partial charge < -0.3 is 24.7 Å². The minimum absolute atomic E-state index is 0.166. The van der Waals surface area contributed by atoms with Crippen molar-refractivity contribution in [3.8, 4) is 23.0 Å². The van der Waals surface area contributed by atoms with Crippen LogP contribution in [0.3, 0.4) is 0 Å². The number of likely N-dealkylation sites (tertiary alicyclic amines) is 2. The molecule has 8 heteroatoms. The number of nitrogens with zero attached hydrogens (tertiary/aromatic N) is 2. The van der Waals surface area contributed by atoms with E-state index >= 15 is 0 Å². The Hall–Kier alpha value is -3.91. The Morgan fingerprint density at radius 3 is 1.54 bits per heavy atom. The lowest BCUT2D eigenvalue weighted by Crippen LogP contribution is -2.37. The highest BCUT2D eigenvalue weighted by atomic mass is 35.5. The zero-order chi connectivity index (χ0) is 32.2. The largest absolute Gasteiger partial charge is 0.492 e. The fourth-order valence-corrected chi connectivity index (χ4v) is 6.08. The zero-order valence-corrected chi connectivity index (χ0v) is 27.7. The van der Waals surface area contributed by atoms with E-state index in [-0.39, 0.29) is 11.2 Å². The highest BCUT2D eigenvalue weighted by Crippen LogP contribution is 2.30. The van der Waals surface area contributed by atoms with Gasteiger partial charge in [0.15, 0.2) is 0 Å². The molecule has 6 rings (SSSR count). The Bertz CT molecular complexity index is 1380. The summed E-state index contributed by atoms with van der Waals surface area (Å²) in [4.78, 5) is 4.77. The van der Waals surface area contributed by atoms with Crippen molar-refractivity contribution in [2.24, 2.45) is 0 Å². The molecule has 7 nitrogen and oxygen atoms in total. The van der Waals surface area contributed by atoms with E-state index in [9.17, 15) is 0 Å². The second-order valence-electron chi connectivity index (χ2n) is 12.5. The maximum Gasteiger partial charge on any atom is 0.122 e. The first kappa shape index (κ1) is 33.5. The SMILES string of the molecule is CC1(Oc2cccc(Cl)c2)CCN(CCOc2ccccc2)C1.CC1(Oc2cccc(N)c2)CCN(CCOc2ccccc2)C1. The van der Waals surface area contributed by atoms with Crippen LogP contribution in [0.15, 0.2) is 109 Å². The standard InChI is InChI=1S/C19H22ClNO2.C19H24N2O2/c2*1-19(23-18-9-5-6-16(20)14-18)10-11-21(15-19)12-13-22-17-7-3-2-4-8-17/h2-9,14H,10-13,15H2,1H3;2-9,14H,10-13,15,20H2,1H3. The van der Waals surface area contributed by atoms with Gasteiger partial charge in [-0.2, -0.15) is 0 Å². The third-order valence-electron chi connectivity index (χ3n) is 8.25. The number of para-hydroxylation sites is 2. The van der Waals surface area contributed by atoms with Crippen LogP contribution in [0.2, 0.25) is 5.02 Å². The average Bonchev–Trinajstić information content (AvgIpc) is 3.60. The second kappa shape index (κ2) is 16.1. The van der Waals surface area contributed by atoms with Gasteiger partial charge in [-0.15, -0.1) is 0 Å². The van der Waals surface area contributed by atoms with Crippen LogP contribution in [0.5, 0.6) is 23.0 Å². The molecule has 46 heavy (non-hydrogen) atoms. The van der Waals surface area contributed by atoms with Gasteiger partial charge in [-0.05, 0) is 68.4 Å². The molecule has 4 aromatic rings. The van der Waals surface area contributed by atoms with Crippen molar-refractivity contribution in [3.63, 3.8) is 0 Å². The van der Waals surface area contributed by atoms with Crippen LogP contribution in [0.4, 0.5) is 5.69 Å². The first-order valence-corrected chi connectivity index (χ1v) is 16.4. The van der Waals surface area contributed by atoms with Gasteiger partial charge in [0.2, 0.25) is 0 Å². The fraction of sp³-hybridized carbons (Fsp3) is 0.368. The molecule has 0 aromatic heterocycles.